The Morgan fingerprint density at radius 1 is 1.00 bits per heavy atom. The zero-order valence-electron chi connectivity index (χ0n) is 12.8. The second-order valence-electron chi connectivity index (χ2n) is 4.35. The summed E-state index contributed by atoms with van der Waals surface area (Å²) in [6.45, 7) is 0.581. The highest BCUT2D eigenvalue weighted by Crippen LogP contribution is 1.97. The Balaban J connectivity index is 2.06. The van der Waals surface area contributed by atoms with Gasteiger partial charge in [0.25, 0.3) is 0 Å². The zero-order valence-corrected chi connectivity index (χ0v) is 12.8. The molecule has 0 aromatic heterocycles. The molecule has 0 aliphatic heterocycles. The van der Waals surface area contributed by atoms with Gasteiger partial charge in [-0.15, -0.1) is 0 Å². The van der Waals surface area contributed by atoms with Gasteiger partial charge in [0.15, 0.2) is 0 Å². The van der Waals surface area contributed by atoms with Gasteiger partial charge in [0.2, 0.25) is 0 Å². The van der Waals surface area contributed by atoms with Crippen LogP contribution in [0.15, 0.2) is 42.5 Å². The van der Waals surface area contributed by atoms with Gasteiger partial charge in [-0.1, -0.05) is 30.3 Å². The molecule has 1 N–H and O–H groups in total. The van der Waals surface area contributed by atoms with E-state index in [0.29, 0.717) is 13.0 Å². The normalized spacial score (nSPS) is 10.1. The third-order valence-electron chi connectivity index (χ3n) is 2.60. The van der Waals surface area contributed by atoms with Crippen LogP contribution in [-0.2, 0) is 30.3 Å². The van der Waals surface area contributed by atoms with Crippen molar-refractivity contribution in [3.8, 4) is 0 Å². The van der Waals surface area contributed by atoms with Gasteiger partial charge in [-0.05, 0) is 5.56 Å². The number of benzene rings is 1. The standard InChI is InChI=1S/C16H19NO6/c1-21-14(18)8-9-15(19)22-10-5-11-23-16(20)17-12-13-6-3-2-4-7-13/h2-4,6-9H,5,10-12H2,1H3,(H,17,20)/b9-8+. The first-order valence-corrected chi connectivity index (χ1v) is 6.99. The molecule has 0 aliphatic carbocycles. The summed E-state index contributed by atoms with van der Waals surface area (Å²) in [4.78, 5) is 33.4. The largest absolute Gasteiger partial charge is 0.466 e. The Hall–Kier alpha value is -2.83. The number of esters is 2. The smallest absolute Gasteiger partial charge is 0.407 e. The molecule has 0 aliphatic rings. The maximum atomic E-state index is 11.4. The minimum absolute atomic E-state index is 0.0797. The van der Waals surface area contributed by atoms with Gasteiger partial charge in [0.05, 0.1) is 20.3 Å². The van der Waals surface area contributed by atoms with Crippen LogP contribution in [0.1, 0.15) is 12.0 Å². The summed E-state index contributed by atoms with van der Waals surface area (Å²) in [6.07, 6.45) is 1.76. The van der Waals surface area contributed by atoms with E-state index in [0.717, 1.165) is 17.7 Å². The summed E-state index contributed by atoms with van der Waals surface area (Å²) < 4.78 is 14.1. The molecule has 0 spiro atoms. The molecule has 0 fully saturated rings. The molecule has 1 amide bonds. The van der Waals surface area contributed by atoms with E-state index in [1.165, 1.54) is 7.11 Å². The van der Waals surface area contributed by atoms with Crippen LogP contribution in [0.2, 0.25) is 0 Å². The monoisotopic (exact) mass is 321 g/mol. The number of carbonyl (C=O) groups excluding carboxylic acids is 3. The fraction of sp³-hybridized carbons (Fsp3) is 0.312. The van der Waals surface area contributed by atoms with Crippen molar-refractivity contribution in [3.05, 3.63) is 48.0 Å². The topological polar surface area (TPSA) is 90.9 Å². The molecule has 0 unspecified atom stereocenters. The Labute approximate surface area is 134 Å². The minimum atomic E-state index is -0.663. The highest BCUT2D eigenvalue weighted by atomic mass is 16.6. The molecule has 7 heteroatoms. The number of carbonyl (C=O) groups is 3. The molecule has 0 heterocycles. The molecular formula is C16H19NO6. The SMILES string of the molecule is COC(=O)/C=C/C(=O)OCCCOC(=O)NCc1ccccc1. The molecule has 7 nitrogen and oxygen atoms in total. The molecule has 1 rings (SSSR count). The third kappa shape index (κ3) is 8.92. The zero-order chi connectivity index (χ0) is 16.9. The average Bonchev–Trinajstić information content (AvgIpc) is 2.58. The summed E-state index contributed by atoms with van der Waals surface area (Å²) in [5.74, 6) is -1.30. The van der Waals surface area contributed by atoms with Crippen molar-refractivity contribution in [2.45, 2.75) is 13.0 Å². The first-order chi connectivity index (χ1) is 11.1. The van der Waals surface area contributed by atoms with Crippen molar-refractivity contribution in [1.29, 1.82) is 0 Å². The Kier molecular flexibility index (Phi) is 8.58. The fourth-order valence-electron chi connectivity index (χ4n) is 1.47. The third-order valence-corrected chi connectivity index (χ3v) is 2.60. The summed E-state index contributed by atoms with van der Waals surface area (Å²) in [7, 11) is 1.21. The molecule has 1 aromatic rings. The number of hydrogen-bond acceptors (Lipinski definition) is 6. The van der Waals surface area contributed by atoms with E-state index in [4.69, 9.17) is 9.47 Å². The Morgan fingerprint density at radius 3 is 2.35 bits per heavy atom. The number of nitrogens with one attached hydrogen (secondary N) is 1. The Bertz CT molecular complexity index is 541. The second-order valence-corrected chi connectivity index (χ2v) is 4.35. The molecule has 1 aromatic carbocycles. The van der Waals surface area contributed by atoms with Gasteiger partial charge in [0.1, 0.15) is 0 Å². The minimum Gasteiger partial charge on any atom is -0.466 e. The molecule has 23 heavy (non-hydrogen) atoms. The lowest BCUT2D eigenvalue weighted by Gasteiger charge is -2.07. The van der Waals surface area contributed by atoms with Gasteiger partial charge in [-0.3, -0.25) is 0 Å². The van der Waals surface area contributed by atoms with E-state index in [1.54, 1.807) is 0 Å². The van der Waals surface area contributed by atoms with Crippen LogP contribution in [0.3, 0.4) is 0 Å². The lowest BCUT2D eigenvalue weighted by atomic mass is 10.2. The molecule has 0 saturated heterocycles. The summed E-state index contributed by atoms with van der Waals surface area (Å²) in [5, 5.41) is 2.61. The van der Waals surface area contributed by atoms with Crippen molar-refractivity contribution in [1.82, 2.24) is 5.32 Å². The maximum Gasteiger partial charge on any atom is 0.407 e. The van der Waals surface area contributed by atoms with Crippen molar-refractivity contribution < 1.29 is 28.6 Å². The van der Waals surface area contributed by atoms with Gasteiger partial charge in [0, 0.05) is 25.1 Å². The van der Waals surface area contributed by atoms with Crippen LogP contribution in [0.5, 0.6) is 0 Å². The van der Waals surface area contributed by atoms with Crippen molar-refractivity contribution in [3.63, 3.8) is 0 Å². The van der Waals surface area contributed by atoms with Gasteiger partial charge < -0.3 is 19.5 Å². The molecule has 0 saturated carbocycles. The lowest BCUT2D eigenvalue weighted by Crippen LogP contribution is -2.24. The molecule has 0 radical (unpaired) electrons. The highest BCUT2D eigenvalue weighted by Gasteiger charge is 2.03. The number of amides is 1. The van der Waals surface area contributed by atoms with Crippen molar-refractivity contribution in [2.75, 3.05) is 20.3 Å². The maximum absolute atomic E-state index is 11.4. The van der Waals surface area contributed by atoms with Crippen LogP contribution < -0.4 is 5.32 Å². The van der Waals surface area contributed by atoms with E-state index in [-0.39, 0.29) is 13.2 Å². The van der Waals surface area contributed by atoms with Gasteiger partial charge in [-0.2, -0.15) is 0 Å². The van der Waals surface area contributed by atoms with Gasteiger partial charge in [-0.25, -0.2) is 14.4 Å². The molecule has 0 atom stereocenters. The lowest BCUT2D eigenvalue weighted by molar-refractivity contribution is -0.139. The van der Waals surface area contributed by atoms with E-state index in [9.17, 15) is 14.4 Å². The summed E-state index contributed by atoms with van der Waals surface area (Å²) in [6, 6.07) is 9.43. The fourth-order valence-corrected chi connectivity index (χ4v) is 1.47. The van der Waals surface area contributed by atoms with E-state index < -0.39 is 18.0 Å². The number of rotatable bonds is 8. The summed E-state index contributed by atoms with van der Waals surface area (Å²) in [5.41, 5.74) is 0.968. The highest BCUT2D eigenvalue weighted by molar-refractivity contribution is 5.91. The molecule has 124 valence electrons. The van der Waals surface area contributed by atoms with Crippen LogP contribution in [0.25, 0.3) is 0 Å². The number of hydrogen-bond donors (Lipinski definition) is 1. The van der Waals surface area contributed by atoms with Crippen LogP contribution in [0, 0.1) is 0 Å². The quantitative estimate of drug-likeness (QED) is 0.338. The summed E-state index contributed by atoms with van der Waals surface area (Å²) >= 11 is 0. The van der Waals surface area contributed by atoms with Crippen molar-refractivity contribution >= 4 is 18.0 Å². The van der Waals surface area contributed by atoms with Crippen molar-refractivity contribution in [2.24, 2.45) is 0 Å². The molecule has 0 bridgehead atoms. The van der Waals surface area contributed by atoms with E-state index in [2.05, 4.69) is 10.1 Å². The first kappa shape index (κ1) is 18.2. The van der Waals surface area contributed by atoms with Gasteiger partial charge >= 0.3 is 18.0 Å². The predicted molar refractivity (Wildman–Crippen MR) is 81.4 cm³/mol. The number of ether oxygens (including phenoxy) is 3. The van der Waals surface area contributed by atoms with E-state index >= 15 is 0 Å². The van der Waals surface area contributed by atoms with Crippen LogP contribution in [-0.4, -0.2) is 38.4 Å². The van der Waals surface area contributed by atoms with Crippen LogP contribution >= 0.6 is 0 Å². The van der Waals surface area contributed by atoms with E-state index in [1.807, 2.05) is 30.3 Å². The number of methoxy groups -OCH3 is 1. The molecular weight excluding hydrogens is 302 g/mol. The Morgan fingerprint density at radius 2 is 1.65 bits per heavy atom. The average molecular weight is 321 g/mol. The second kappa shape index (κ2) is 10.8. The van der Waals surface area contributed by atoms with Crippen LogP contribution in [0.4, 0.5) is 4.79 Å². The predicted octanol–water partition coefficient (Wildman–Crippen LogP) is 1.58. The first-order valence-electron chi connectivity index (χ1n) is 6.99. The number of alkyl carbamates (subject to hydrolysis) is 1.